The molecular formula is C22H36O3. The third-order valence-electron chi connectivity index (χ3n) is 7.36. The lowest BCUT2D eigenvalue weighted by molar-refractivity contribution is -0.146. The summed E-state index contributed by atoms with van der Waals surface area (Å²) in [7, 11) is 0. The van der Waals surface area contributed by atoms with Crippen molar-refractivity contribution in [3.8, 4) is 0 Å². The Morgan fingerprint density at radius 2 is 1.88 bits per heavy atom. The molecule has 142 valence electrons. The summed E-state index contributed by atoms with van der Waals surface area (Å²) in [6, 6.07) is 0. The number of fused-ring (bicyclic) bond motifs is 3. The Morgan fingerprint density at radius 3 is 2.52 bits per heavy atom. The van der Waals surface area contributed by atoms with Crippen molar-refractivity contribution >= 4 is 11.6 Å². The molecule has 0 aliphatic heterocycles. The first-order chi connectivity index (χ1) is 11.6. The molecule has 3 heteroatoms. The molecule has 0 radical (unpaired) electrons. The van der Waals surface area contributed by atoms with E-state index in [0.29, 0.717) is 36.1 Å². The van der Waals surface area contributed by atoms with E-state index in [1.54, 1.807) is 6.92 Å². The topological polar surface area (TPSA) is 43.4 Å². The van der Waals surface area contributed by atoms with Crippen molar-refractivity contribution in [2.45, 2.75) is 97.7 Å². The van der Waals surface area contributed by atoms with Gasteiger partial charge in [-0.1, -0.05) is 6.92 Å². The van der Waals surface area contributed by atoms with E-state index in [0.717, 1.165) is 32.1 Å². The van der Waals surface area contributed by atoms with Gasteiger partial charge in [-0.15, -0.1) is 0 Å². The van der Waals surface area contributed by atoms with Crippen molar-refractivity contribution in [3.05, 3.63) is 0 Å². The smallest absolute Gasteiger partial charge is 0.136 e. The fourth-order valence-electron chi connectivity index (χ4n) is 6.27. The van der Waals surface area contributed by atoms with E-state index >= 15 is 0 Å². The molecule has 4 unspecified atom stereocenters. The molecule has 3 saturated carbocycles. The summed E-state index contributed by atoms with van der Waals surface area (Å²) in [6.07, 6.45) is 8.19. The third-order valence-corrected chi connectivity index (χ3v) is 7.36. The van der Waals surface area contributed by atoms with Crippen LogP contribution in [0.25, 0.3) is 0 Å². The summed E-state index contributed by atoms with van der Waals surface area (Å²) in [5, 5.41) is 0. The van der Waals surface area contributed by atoms with Gasteiger partial charge in [0.25, 0.3) is 0 Å². The second-order valence-electron chi connectivity index (χ2n) is 10.1. The van der Waals surface area contributed by atoms with Crippen LogP contribution in [-0.2, 0) is 14.3 Å². The normalized spacial score (nSPS) is 41.3. The van der Waals surface area contributed by atoms with Crippen molar-refractivity contribution in [3.63, 3.8) is 0 Å². The molecule has 3 aliphatic carbocycles. The molecule has 3 fully saturated rings. The van der Waals surface area contributed by atoms with Crippen LogP contribution in [-0.4, -0.2) is 23.3 Å². The number of ketones is 2. The molecule has 0 heterocycles. The molecule has 0 N–H and O–H groups in total. The predicted octanol–water partition coefficient (Wildman–Crippen LogP) is 4.96. The highest BCUT2D eigenvalue weighted by Gasteiger charge is 2.57. The number of rotatable bonds is 4. The van der Waals surface area contributed by atoms with Crippen molar-refractivity contribution in [2.75, 3.05) is 0 Å². The lowest BCUT2D eigenvalue weighted by Crippen LogP contribution is -2.50. The molecule has 0 saturated heterocycles. The molecule has 0 spiro atoms. The Labute approximate surface area is 153 Å². The van der Waals surface area contributed by atoms with Crippen LogP contribution in [0.15, 0.2) is 0 Å². The minimum absolute atomic E-state index is 0.0913. The summed E-state index contributed by atoms with van der Waals surface area (Å²) < 4.78 is 6.47. The van der Waals surface area contributed by atoms with Gasteiger partial charge in [-0.05, 0) is 89.4 Å². The Kier molecular flexibility index (Phi) is 5.18. The Bertz CT molecular complexity index is 532. The highest BCUT2D eigenvalue weighted by atomic mass is 16.5. The largest absolute Gasteiger partial charge is 0.372 e. The van der Waals surface area contributed by atoms with E-state index in [9.17, 15) is 9.59 Å². The van der Waals surface area contributed by atoms with Gasteiger partial charge in [-0.2, -0.15) is 0 Å². The van der Waals surface area contributed by atoms with Crippen molar-refractivity contribution < 1.29 is 14.3 Å². The summed E-state index contributed by atoms with van der Waals surface area (Å²) in [4.78, 5) is 24.0. The monoisotopic (exact) mass is 348 g/mol. The van der Waals surface area contributed by atoms with Crippen molar-refractivity contribution in [2.24, 2.45) is 29.1 Å². The third kappa shape index (κ3) is 3.72. The van der Waals surface area contributed by atoms with E-state index in [4.69, 9.17) is 4.74 Å². The number of ether oxygens (including phenoxy) is 1. The minimum Gasteiger partial charge on any atom is -0.372 e. The zero-order valence-electron chi connectivity index (χ0n) is 16.8. The van der Waals surface area contributed by atoms with Gasteiger partial charge >= 0.3 is 0 Å². The van der Waals surface area contributed by atoms with Crippen LogP contribution in [0.4, 0.5) is 0 Å². The fraction of sp³-hybridized carbons (Fsp3) is 0.909. The van der Waals surface area contributed by atoms with Gasteiger partial charge in [0.15, 0.2) is 0 Å². The molecule has 0 aromatic carbocycles. The average molecular weight is 349 g/mol. The minimum atomic E-state index is -0.0913. The maximum atomic E-state index is 12.5. The van der Waals surface area contributed by atoms with Crippen LogP contribution in [0.3, 0.4) is 0 Å². The van der Waals surface area contributed by atoms with E-state index in [1.165, 1.54) is 12.8 Å². The lowest BCUT2D eigenvalue weighted by Gasteiger charge is -2.52. The first-order valence-electron chi connectivity index (χ1n) is 10.3. The van der Waals surface area contributed by atoms with Crippen LogP contribution in [0.2, 0.25) is 0 Å². The molecule has 3 nitrogen and oxygen atoms in total. The Hall–Kier alpha value is -0.700. The van der Waals surface area contributed by atoms with Gasteiger partial charge in [-0.25, -0.2) is 0 Å². The maximum Gasteiger partial charge on any atom is 0.136 e. The standard InChI is InChI=1S/C22H36O3/c1-14(23)6-7-17-15-12-13-22(5)18(16(15)8-10-19(17)24)9-11-20(22)25-21(2,3)4/h15-18,20H,6-13H2,1-5H3/t15?,16?,17?,18?,20-,22-/m1/s1. The molecule has 3 rings (SSSR count). The van der Waals surface area contributed by atoms with Gasteiger partial charge in [0, 0.05) is 18.8 Å². The summed E-state index contributed by atoms with van der Waals surface area (Å²) in [5.74, 6) is 2.62. The predicted molar refractivity (Wildman–Crippen MR) is 99.3 cm³/mol. The summed E-state index contributed by atoms with van der Waals surface area (Å²) in [5.41, 5.74) is 0.173. The molecular weight excluding hydrogens is 312 g/mol. The summed E-state index contributed by atoms with van der Waals surface area (Å²) >= 11 is 0. The van der Waals surface area contributed by atoms with Crippen molar-refractivity contribution in [1.29, 1.82) is 0 Å². The second-order valence-corrected chi connectivity index (χ2v) is 10.1. The average Bonchev–Trinajstić information content (AvgIpc) is 2.81. The number of Topliss-reactive ketones (excluding diaryl/α,β-unsaturated/α-hetero) is 2. The van der Waals surface area contributed by atoms with E-state index in [1.807, 2.05) is 0 Å². The van der Waals surface area contributed by atoms with Crippen LogP contribution >= 0.6 is 0 Å². The lowest BCUT2D eigenvalue weighted by atomic mass is 9.53. The molecule has 6 atom stereocenters. The molecule has 0 amide bonds. The van der Waals surface area contributed by atoms with E-state index < -0.39 is 0 Å². The Balaban J connectivity index is 1.76. The Morgan fingerprint density at radius 1 is 1.16 bits per heavy atom. The molecule has 0 aromatic rings. The first kappa shape index (κ1) is 19.1. The SMILES string of the molecule is CC(=O)CCC1C(=O)CCC2C1CC[C@]1(C)C2CC[C@H]1OC(C)(C)C. The molecule has 3 aliphatic rings. The van der Waals surface area contributed by atoms with Gasteiger partial charge in [0.2, 0.25) is 0 Å². The van der Waals surface area contributed by atoms with E-state index in [-0.39, 0.29) is 22.7 Å². The molecule has 25 heavy (non-hydrogen) atoms. The quantitative estimate of drug-likeness (QED) is 0.721. The number of carbonyl (C=O) groups is 2. The zero-order valence-corrected chi connectivity index (χ0v) is 16.8. The zero-order chi connectivity index (χ0) is 18.4. The van der Waals surface area contributed by atoms with Crippen LogP contribution in [0.1, 0.15) is 86.0 Å². The van der Waals surface area contributed by atoms with Crippen LogP contribution in [0, 0.1) is 29.1 Å². The van der Waals surface area contributed by atoms with Gasteiger partial charge in [-0.3, -0.25) is 4.79 Å². The number of carbonyl (C=O) groups excluding carboxylic acids is 2. The maximum absolute atomic E-state index is 12.5. The van der Waals surface area contributed by atoms with E-state index in [2.05, 4.69) is 27.7 Å². The summed E-state index contributed by atoms with van der Waals surface area (Å²) in [6.45, 7) is 10.6. The highest BCUT2D eigenvalue weighted by Crippen LogP contribution is 2.61. The second kappa shape index (κ2) is 6.79. The first-order valence-corrected chi connectivity index (χ1v) is 10.3. The van der Waals surface area contributed by atoms with Crippen LogP contribution in [0.5, 0.6) is 0 Å². The van der Waals surface area contributed by atoms with Gasteiger partial charge in [0.1, 0.15) is 11.6 Å². The molecule has 0 aromatic heterocycles. The number of hydrogen-bond acceptors (Lipinski definition) is 3. The molecule has 0 bridgehead atoms. The van der Waals surface area contributed by atoms with Crippen LogP contribution < -0.4 is 0 Å². The fourth-order valence-corrected chi connectivity index (χ4v) is 6.27. The highest BCUT2D eigenvalue weighted by molar-refractivity contribution is 5.83. The number of hydrogen-bond donors (Lipinski definition) is 0. The van der Waals surface area contributed by atoms with Crippen molar-refractivity contribution in [1.82, 2.24) is 0 Å². The van der Waals surface area contributed by atoms with Gasteiger partial charge in [0.05, 0.1) is 11.7 Å². The van der Waals surface area contributed by atoms with Gasteiger partial charge < -0.3 is 9.53 Å².